The molecule has 0 heterocycles. The van der Waals surface area contributed by atoms with Crippen molar-refractivity contribution < 1.29 is 26.7 Å². The van der Waals surface area contributed by atoms with E-state index in [9.17, 15) is 17.2 Å². The van der Waals surface area contributed by atoms with Gasteiger partial charge in [-0.2, -0.15) is 0 Å². The van der Waals surface area contributed by atoms with Gasteiger partial charge in [0.1, 0.15) is 16.4 Å². The maximum Gasteiger partial charge on any atom is 0.265 e. The van der Waals surface area contributed by atoms with Crippen molar-refractivity contribution in [1.82, 2.24) is 0 Å². The number of anilines is 1. The molecule has 0 aliphatic heterocycles. The predicted octanol–water partition coefficient (Wildman–Crippen LogP) is 2.78. The lowest BCUT2D eigenvalue weighted by atomic mass is 10.3. The van der Waals surface area contributed by atoms with Crippen LogP contribution in [0.5, 0.6) is 11.5 Å². The first-order valence-corrected chi connectivity index (χ1v) is 7.55. The lowest BCUT2D eigenvalue weighted by Crippen LogP contribution is -2.14. The molecule has 0 fully saturated rings. The van der Waals surface area contributed by atoms with Gasteiger partial charge in [0, 0.05) is 12.1 Å². The highest BCUT2D eigenvalue weighted by molar-refractivity contribution is 7.92. The van der Waals surface area contributed by atoms with Crippen LogP contribution in [0.1, 0.15) is 0 Å². The second-order valence-electron chi connectivity index (χ2n) is 4.25. The SMILES string of the molecule is COc1ccc(OC)c(S(=O)(=O)Nc2ccc(F)c(F)c2)c1. The maximum atomic E-state index is 13.2. The highest BCUT2D eigenvalue weighted by Gasteiger charge is 2.21. The Balaban J connectivity index is 2.43. The van der Waals surface area contributed by atoms with Gasteiger partial charge in [-0.15, -0.1) is 0 Å². The van der Waals surface area contributed by atoms with Gasteiger partial charge in [-0.3, -0.25) is 4.72 Å². The van der Waals surface area contributed by atoms with Crippen molar-refractivity contribution in [2.45, 2.75) is 4.90 Å². The summed E-state index contributed by atoms with van der Waals surface area (Å²) in [6.45, 7) is 0. The first kappa shape index (κ1) is 16.0. The number of ether oxygens (including phenoxy) is 2. The number of hydrogen-bond acceptors (Lipinski definition) is 4. The molecule has 0 bridgehead atoms. The zero-order valence-electron chi connectivity index (χ0n) is 11.8. The normalized spacial score (nSPS) is 11.1. The molecule has 2 aromatic rings. The number of halogens is 2. The number of sulfonamides is 1. The molecular weight excluding hydrogens is 316 g/mol. The maximum absolute atomic E-state index is 13.2. The third-order valence-electron chi connectivity index (χ3n) is 2.83. The van der Waals surface area contributed by atoms with Crippen LogP contribution in [0.2, 0.25) is 0 Å². The van der Waals surface area contributed by atoms with Gasteiger partial charge in [-0.05, 0) is 24.3 Å². The molecule has 2 rings (SSSR count). The van der Waals surface area contributed by atoms with Crippen LogP contribution >= 0.6 is 0 Å². The average Bonchev–Trinajstić information content (AvgIpc) is 2.50. The molecule has 1 N–H and O–H groups in total. The lowest BCUT2D eigenvalue weighted by molar-refractivity contribution is 0.392. The number of benzene rings is 2. The van der Waals surface area contributed by atoms with Gasteiger partial charge in [0.05, 0.1) is 19.9 Å². The molecule has 8 heteroatoms. The highest BCUT2D eigenvalue weighted by Crippen LogP contribution is 2.29. The standard InChI is InChI=1S/C14H13F2NO4S/c1-20-10-4-6-13(21-2)14(8-10)22(18,19)17-9-3-5-11(15)12(16)7-9/h3-8,17H,1-2H3. The minimum Gasteiger partial charge on any atom is -0.497 e. The van der Waals surface area contributed by atoms with E-state index in [1.807, 2.05) is 0 Å². The van der Waals surface area contributed by atoms with Crippen molar-refractivity contribution in [2.24, 2.45) is 0 Å². The summed E-state index contributed by atoms with van der Waals surface area (Å²) in [6, 6.07) is 6.92. The largest absolute Gasteiger partial charge is 0.497 e. The molecule has 0 aromatic heterocycles. The van der Waals surface area contributed by atoms with Crippen LogP contribution < -0.4 is 14.2 Å². The van der Waals surface area contributed by atoms with E-state index in [-0.39, 0.29) is 16.3 Å². The van der Waals surface area contributed by atoms with Crippen LogP contribution in [-0.4, -0.2) is 22.6 Å². The van der Waals surface area contributed by atoms with E-state index in [0.29, 0.717) is 5.75 Å². The molecule has 0 saturated carbocycles. The highest BCUT2D eigenvalue weighted by atomic mass is 32.2. The minimum atomic E-state index is -4.06. The van der Waals surface area contributed by atoms with Crippen LogP contribution in [0.4, 0.5) is 14.5 Å². The third-order valence-corrected chi connectivity index (χ3v) is 4.23. The van der Waals surface area contributed by atoms with Crippen molar-refractivity contribution in [2.75, 3.05) is 18.9 Å². The third kappa shape index (κ3) is 3.28. The van der Waals surface area contributed by atoms with Gasteiger partial charge in [0.15, 0.2) is 11.6 Å². The van der Waals surface area contributed by atoms with E-state index in [1.54, 1.807) is 0 Å². The summed E-state index contributed by atoms with van der Waals surface area (Å²) in [7, 11) is -1.35. The lowest BCUT2D eigenvalue weighted by Gasteiger charge is -2.13. The zero-order chi connectivity index (χ0) is 16.3. The Morgan fingerprint density at radius 2 is 1.68 bits per heavy atom. The Labute approximate surface area is 126 Å². The molecule has 22 heavy (non-hydrogen) atoms. The second-order valence-corrected chi connectivity index (χ2v) is 5.90. The van der Waals surface area contributed by atoms with E-state index in [0.717, 1.165) is 18.2 Å². The fourth-order valence-corrected chi connectivity index (χ4v) is 3.00. The molecule has 0 saturated heterocycles. The Morgan fingerprint density at radius 3 is 2.27 bits per heavy atom. The van der Waals surface area contributed by atoms with Crippen molar-refractivity contribution in [1.29, 1.82) is 0 Å². The molecule has 0 atom stereocenters. The molecule has 5 nitrogen and oxygen atoms in total. The summed E-state index contributed by atoms with van der Waals surface area (Å²) in [5.41, 5.74) is -0.108. The number of nitrogens with one attached hydrogen (secondary N) is 1. The molecule has 0 aliphatic rings. The number of hydrogen-bond donors (Lipinski definition) is 1. The van der Waals surface area contributed by atoms with Crippen LogP contribution in [0, 0.1) is 11.6 Å². The predicted molar refractivity (Wildman–Crippen MR) is 76.7 cm³/mol. The van der Waals surface area contributed by atoms with Crippen molar-refractivity contribution in [3.8, 4) is 11.5 Å². The fourth-order valence-electron chi connectivity index (χ4n) is 1.76. The topological polar surface area (TPSA) is 64.6 Å². The first-order valence-electron chi connectivity index (χ1n) is 6.07. The van der Waals surface area contributed by atoms with E-state index < -0.39 is 21.7 Å². The van der Waals surface area contributed by atoms with Crippen LogP contribution in [0.3, 0.4) is 0 Å². The van der Waals surface area contributed by atoms with E-state index in [2.05, 4.69) is 4.72 Å². The quantitative estimate of drug-likeness (QED) is 0.916. The van der Waals surface area contributed by atoms with Crippen molar-refractivity contribution >= 4 is 15.7 Å². The smallest absolute Gasteiger partial charge is 0.265 e. The average molecular weight is 329 g/mol. The zero-order valence-corrected chi connectivity index (χ0v) is 12.6. The fraction of sp³-hybridized carbons (Fsp3) is 0.143. The first-order chi connectivity index (χ1) is 10.4. The van der Waals surface area contributed by atoms with E-state index >= 15 is 0 Å². The number of methoxy groups -OCH3 is 2. The monoisotopic (exact) mass is 329 g/mol. The number of rotatable bonds is 5. The van der Waals surface area contributed by atoms with Gasteiger partial charge in [-0.25, -0.2) is 17.2 Å². The van der Waals surface area contributed by atoms with Gasteiger partial charge < -0.3 is 9.47 Å². The Hall–Kier alpha value is -2.35. The summed E-state index contributed by atoms with van der Waals surface area (Å²) in [5, 5.41) is 0. The second kappa shape index (κ2) is 6.18. The molecule has 0 aliphatic carbocycles. The molecule has 0 unspecified atom stereocenters. The van der Waals surface area contributed by atoms with E-state index in [4.69, 9.17) is 9.47 Å². The molecule has 0 amide bonds. The molecule has 118 valence electrons. The Bertz CT molecular complexity index is 793. The van der Waals surface area contributed by atoms with Crippen molar-refractivity contribution in [3.05, 3.63) is 48.0 Å². The van der Waals surface area contributed by atoms with Gasteiger partial charge in [-0.1, -0.05) is 0 Å². The minimum absolute atomic E-state index is 0.0934. The summed E-state index contributed by atoms with van der Waals surface area (Å²) in [6.07, 6.45) is 0. The Morgan fingerprint density at radius 1 is 0.955 bits per heavy atom. The Kier molecular flexibility index (Phi) is 4.51. The molecular formula is C14H13F2NO4S. The summed E-state index contributed by atoms with van der Waals surface area (Å²) >= 11 is 0. The van der Waals surface area contributed by atoms with E-state index in [1.165, 1.54) is 32.4 Å². The van der Waals surface area contributed by atoms with Crippen LogP contribution in [0.15, 0.2) is 41.3 Å². The van der Waals surface area contributed by atoms with Crippen LogP contribution in [0.25, 0.3) is 0 Å². The summed E-state index contributed by atoms with van der Waals surface area (Å²) < 4.78 is 63.0. The molecule has 2 aromatic carbocycles. The van der Waals surface area contributed by atoms with Gasteiger partial charge in [0.25, 0.3) is 10.0 Å². The molecule has 0 radical (unpaired) electrons. The van der Waals surface area contributed by atoms with Crippen LogP contribution in [-0.2, 0) is 10.0 Å². The molecule has 0 spiro atoms. The summed E-state index contributed by atoms with van der Waals surface area (Å²) in [5.74, 6) is -1.82. The van der Waals surface area contributed by atoms with Gasteiger partial charge in [0.2, 0.25) is 0 Å². The van der Waals surface area contributed by atoms with Crippen molar-refractivity contribution in [3.63, 3.8) is 0 Å². The summed E-state index contributed by atoms with van der Waals surface area (Å²) in [4.78, 5) is -0.181. The van der Waals surface area contributed by atoms with Gasteiger partial charge >= 0.3 is 0 Å².